The molecule has 3 N–H and O–H groups in total. The number of carbonyl (C=O) groups is 3. The molecule has 1 aliphatic rings. The summed E-state index contributed by atoms with van der Waals surface area (Å²) in [6.45, 7) is 3.44. The lowest BCUT2D eigenvalue weighted by molar-refractivity contribution is -0.147. The van der Waals surface area contributed by atoms with Crippen LogP contribution in [0.1, 0.15) is 50.0 Å². The Labute approximate surface area is 224 Å². The van der Waals surface area contributed by atoms with Gasteiger partial charge in [0.1, 0.15) is 6.10 Å². The van der Waals surface area contributed by atoms with Crippen molar-refractivity contribution in [1.29, 1.82) is 0 Å². The van der Waals surface area contributed by atoms with Gasteiger partial charge in [-0.05, 0) is 44.9 Å². The third-order valence-electron chi connectivity index (χ3n) is 6.68. The third kappa shape index (κ3) is 5.94. The van der Waals surface area contributed by atoms with Crippen molar-refractivity contribution in [3.05, 3.63) is 52.7 Å². The highest BCUT2D eigenvalue weighted by molar-refractivity contribution is 6.31. The van der Waals surface area contributed by atoms with Gasteiger partial charge in [-0.25, -0.2) is 14.5 Å². The number of aliphatic carboxylic acids is 1. The summed E-state index contributed by atoms with van der Waals surface area (Å²) in [6.07, 6.45) is 1.34. The van der Waals surface area contributed by atoms with E-state index in [0.717, 1.165) is 12.8 Å². The Morgan fingerprint density at radius 3 is 2.50 bits per heavy atom. The van der Waals surface area contributed by atoms with Gasteiger partial charge in [0.2, 0.25) is 5.91 Å². The van der Waals surface area contributed by atoms with E-state index in [4.69, 9.17) is 16.3 Å². The number of nitrogens with one attached hydrogen (secondary N) is 2. The summed E-state index contributed by atoms with van der Waals surface area (Å²) >= 11 is 6.20. The van der Waals surface area contributed by atoms with Crippen molar-refractivity contribution in [2.75, 3.05) is 10.6 Å². The smallest absolute Gasteiger partial charge is 0.413 e. The maximum atomic E-state index is 12.9. The fraction of sp³-hybridized carbons (Fsp3) is 0.385. The minimum absolute atomic E-state index is 0.275. The molecule has 1 fully saturated rings. The molecular formula is C26H29ClN6O5. The minimum atomic E-state index is -0.947. The number of carboxylic acid groups (broad SMARTS) is 1. The van der Waals surface area contributed by atoms with Crippen LogP contribution < -0.4 is 10.6 Å². The summed E-state index contributed by atoms with van der Waals surface area (Å²) in [4.78, 5) is 41.7. The predicted molar refractivity (Wildman–Crippen MR) is 141 cm³/mol. The fourth-order valence-electron chi connectivity index (χ4n) is 4.62. The first-order valence-electron chi connectivity index (χ1n) is 12.3. The lowest BCUT2D eigenvalue weighted by atomic mass is 9.78. The maximum absolute atomic E-state index is 12.9. The van der Waals surface area contributed by atoms with Gasteiger partial charge in [0, 0.05) is 17.6 Å². The van der Waals surface area contributed by atoms with Gasteiger partial charge < -0.3 is 15.2 Å². The van der Waals surface area contributed by atoms with E-state index in [-0.39, 0.29) is 11.7 Å². The summed E-state index contributed by atoms with van der Waals surface area (Å²) in [5.74, 6) is -2.28. The maximum Gasteiger partial charge on any atom is 0.413 e. The normalized spacial score (nSPS) is 17.9. The second kappa shape index (κ2) is 11.6. The average Bonchev–Trinajstić information content (AvgIpc) is 3.24. The second-order valence-corrected chi connectivity index (χ2v) is 9.67. The highest BCUT2D eigenvalue weighted by atomic mass is 35.5. The standard InChI is InChI=1S/C26H29ClN6O5/c1-14-20(29-24(34)17-9-4-5-10-18(17)25(35)36)12-13-21(28-14)22-23(33(3)32-31-22)30-26(37)38-15(2)16-8-6-7-11-19(16)27/h6-8,11-13,15,17-18H,4-5,9-10H2,1-3H3,(H,29,34)(H,30,37)(H,35,36)/t15-,17+,18+/m1/s1. The number of amides is 2. The third-order valence-corrected chi connectivity index (χ3v) is 7.02. The molecular weight excluding hydrogens is 512 g/mol. The Morgan fingerprint density at radius 2 is 1.82 bits per heavy atom. The minimum Gasteiger partial charge on any atom is -0.481 e. The van der Waals surface area contributed by atoms with Crippen LogP contribution in [0.25, 0.3) is 11.4 Å². The van der Waals surface area contributed by atoms with Crippen LogP contribution in [0.5, 0.6) is 0 Å². The summed E-state index contributed by atoms with van der Waals surface area (Å²) in [5.41, 5.74) is 2.38. The molecule has 2 aromatic heterocycles. The van der Waals surface area contributed by atoms with Crippen LogP contribution in [-0.4, -0.2) is 43.1 Å². The first-order valence-corrected chi connectivity index (χ1v) is 12.7. The van der Waals surface area contributed by atoms with Crippen molar-refractivity contribution in [2.24, 2.45) is 18.9 Å². The van der Waals surface area contributed by atoms with Crippen LogP contribution >= 0.6 is 11.6 Å². The van der Waals surface area contributed by atoms with E-state index < -0.39 is 30.0 Å². The number of rotatable bonds is 7. The van der Waals surface area contributed by atoms with Gasteiger partial charge in [0.15, 0.2) is 11.5 Å². The van der Waals surface area contributed by atoms with Gasteiger partial charge >= 0.3 is 12.1 Å². The monoisotopic (exact) mass is 540 g/mol. The number of hydrogen-bond acceptors (Lipinski definition) is 7. The molecule has 0 bridgehead atoms. The Kier molecular flexibility index (Phi) is 8.26. The van der Waals surface area contributed by atoms with Crippen molar-refractivity contribution in [3.63, 3.8) is 0 Å². The Morgan fingerprint density at radius 1 is 1.11 bits per heavy atom. The topological polar surface area (TPSA) is 148 Å². The van der Waals surface area contributed by atoms with E-state index in [1.807, 2.05) is 6.07 Å². The zero-order valence-electron chi connectivity index (χ0n) is 21.3. The first-order chi connectivity index (χ1) is 18.2. The molecule has 0 unspecified atom stereocenters. The number of pyridine rings is 1. The quantitative estimate of drug-likeness (QED) is 0.380. The molecule has 4 rings (SSSR count). The number of aryl methyl sites for hydroxylation is 2. The summed E-state index contributed by atoms with van der Waals surface area (Å²) < 4.78 is 6.88. The number of aromatic nitrogens is 4. The highest BCUT2D eigenvalue weighted by Crippen LogP contribution is 2.32. The van der Waals surface area contributed by atoms with Crippen molar-refractivity contribution in [1.82, 2.24) is 20.0 Å². The van der Waals surface area contributed by atoms with E-state index in [1.54, 1.807) is 51.2 Å². The molecule has 200 valence electrons. The van der Waals surface area contributed by atoms with Crippen LogP contribution in [0.4, 0.5) is 16.3 Å². The molecule has 2 amide bonds. The van der Waals surface area contributed by atoms with E-state index >= 15 is 0 Å². The number of ether oxygens (including phenoxy) is 1. The zero-order valence-corrected chi connectivity index (χ0v) is 22.0. The second-order valence-electron chi connectivity index (χ2n) is 9.26. The molecule has 0 radical (unpaired) electrons. The number of carbonyl (C=O) groups excluding carboxylic acids is 2. The molecule has 3 atom stereocenters. The molecule has 1 aliphatic carbocycles. The van der Waals surface area contributed by atoms with Crippen molar-refractivity contribution >= 4 is 41.1 Å². The summed E-state index contributed by atoms with van der Waals surface area (Å²) in [7, 11) is 1.62. The lowest BCUT2D eigenvalue weighted by Gasteiger charge is -2.27. The summed E-state index contributed by atoms with van der Waals surface area (Å²) in [5, 5.41) is 23.6. The number of nitrogens with zero attached hydrogens (tertiary/aromatic N) is 4. The van der Waals surface area contributed by atoms with E-state index in [0.29, 0.717) is 46.2 Å². The van der Waals surface area contributed by atoms with Gasteiger partial charge in [0.25, 0.3) is 0 Å². The lowest BCUT2D eigenvalue weighted by Crippen LogP contribution is -2.36. The van der Waals surface area contributed by atoms with Crippen LogP contribution in [-0.2, 0) is 21.4 Å². The van der Waals surface area contributed by atoms with Crippen molar-refractivity contribution < 1.29 is 24.2 Å². The van der Waals surface area contributed by atoms with Crippen LogP contribution in [0.2, 0.25) is 5.02 Å². The molecule has 0 saturated heterocycles. The SMILES string of the molecule is Cc1nc(-c2nnn(C)c2NC(=O)O[C@H](C)c2ccccc2Cl)ccc1NC(=O)[C@H]1CCCC[C@@H]1C(=O)O. The fourth-order valence-corrected chi connectivity index (χ4v) is 4.90. The van der Waals surface area contributed by atoms with Crippen LogP contribution in [0.3, 0.4) is 0 Å². The molecule has 1 saturated carbocycles. The van der Waals surface area contributed by atoms with Gasteiger partial charge in [-0.15, -0.1) is 5.10 Å². The van der Waals surface area contributed by atoms with Crippen molar-refractivity contribution in [3.8, 4) is 11.4 Å². The van der Waals surface area contributed by atoms with Crippen LogP contribution in [0, 0.1) is 18.8 Å². The molecule has 3 aromatic rings. The first kappa shape index (κ1) is 27.1. The van der Waals surface area contributed by atoms with E-state index in [9.17, 15) is 19.5 Å². The number of halogens is 1. The predicted octanol–water partition coefficient (Wildman–Crippen LogP) is 4.98. The largest absolute Gasteiger partial charge is 0.481 e. The average molecular weight is 541 g/mol. The number of benzene rings is 1. The number of anilines is 2. The molecule has 11 nitrogen and oxygen atoms in total. The zero-order chi connectivity index (χ0) is 27.4. The van der Waals surface area contributed by atoms with Gasteiger partial charge in [-0.2, -0.15) is 0 Å². The molecule has 1 aromatic carbocycles. The Balaban J connectivity index is 1.47. The summed E-state index contributed by atoms with van der Waals surface area (Å²) in [6, 6.07) is 10.4. The Bertz CT molecular complexity index is 1360. The highest BCUT2D eigenvalue weighted by Gasteiger charge is 2.36. The molecule has 38 heavy (non-hydrogen) atoms. The number of hydrogen-bond donors (Lipinski definition) is 3. The van der Waals surface area contributed by atoms with Gasteiger partial charge in [-0.1, -0.05) is 47.9 Å². The molecule has 2 heterocycles. The number of carboxylic acids is 1. The van der Waals surface area contributed by atoms with E-state index in [1.165, 1.54) is 4.68 Å². The van der Waals surface area contributed by atoms with Crippen molar-refractivity contribution in [2.45, 2.75) is 45.6 Å². The van der Waals surface area contributed by atoms with Gasteiger partial charge in [-0.3, -0.25) is 14.9 Å². The molecule has 0 spiro atoms. The molecule has 12 heteroatoms. The van der Waals surface area contributed by atoms with E-state index in [2.05, 4.69) is 25.9 Å². The van der Waals surface area contributed by atoms with Crippen LogP contribution in [0.15, 0.2) is 36.4 Å². The molecule has 0 aliphatic heterocycles. The van der Waals surface area contributed by atoms with Gasteiger partial charge in [0.05, 0.1) is 28.9 Å². The Hall–Kier alpha value is -3.99.